The van der Waals surface area contributed by atoms with Crippen LogP contribution in [-0.2, 0) is 11.2 Å². The Bertz CT molecular complexity index is 593. The average molecular weight is 245 g/mol. The monoisotopic (exact) mass is 245 g/mol. The number of hydrogen-bond acceptors (Lipinski definition) is 3. The number of fused-ring (bicyclic) bond motifs is 1. The van der Waals surface area contributed by atoms with Crippen LogP contribution in [0.5, 0.6) is 5.75 Å². The SMILES string of the molecule is COc1cccc2c(CCC(=O)O)cc(C)nc12. The summed E-state index contributed by atoms with van der Waals surface area (Å²) in [5.74, 6) is -0.0757. The smallest absolute Gasteiger partial charge is 0.303 e. The molecule has 2 rings (SSSR count). The number of ether oxygens (including phenoxy) is 1. The van der Waals surface area contributed by atoms with Crippen molar-refractivity contribution in [3.8, 4) is 5.75 Å². The van der Waals surface area contributed by atoms with Gasteiger partial charge in [0, 0.05) is 17.5 Å². The maximum atomic E-state index is 10.7. The van der Waals surface area contributed by atoms with Gasteiger partial charge in [0.1, 0.15) is 11.3 Å². The number of methoxy groups -OCH3 is 1. The third kappa shape index (κ3) is 2.42. The number of hydrogen-bond donors (Lipinski definition) is 1. The van der Waals surface area contributed by atoms with E-state index in [1.807, 2.05) is 31.2 Å². The van der Waals surface area contributed by atoms with E-state index < -0.39 is 5.97 Å². The quantitative estimate of drug-likeness (QED) is 0.899. The number of aromatic nitrogens is 1. The van der Waals surface area contributed by atoms with Crippen molar-refractivity contribution in [1.82, 2.24) is 4.98 Å². The van der Waals surface area contributed by atoms with E-state index in [9.17, 15) is 4.79 Å². The molecule has 0 amide bonds. The second-order valence-electron chi connectivity index (χ2n) is 4.17. The Balaban J connectivity index is 2.55. The van der Waals surface area contributed by atoms with Crippen LogP contribution >= 0.6 is 0 Å². The summed E-state index contributed by atoms with van der Waals surface area (Å²) in [6, 6.07) is 7.63. The van der Waals surface area contributed by atoms with E-state index in [0.29, 0.717) is 12.2 Å². The van der Waals surface area contributed by atoms with E-state index >= 15 is 0 Å². The van der Waals surface area contributed by atoms with Crippen LogP contribution < -0.4 is 4.74 Å². The molecular weight excluding hydrogens is 230 g/mol. The van der Waals surface area contributed by atoms with Crippen molar-refractivity contribution in [3.63, 3.8) is 0 Å². The first-order valence-corrected chi connectivity index (χ1v) is 5.77. The first-order chi connectivity index (χ1) is 8.61. The number of aryl methyl sites for hydroxylation is 2. The van der Waals surface area contributed by atoms with E-state index in [4.69, 9.17) is 9.84 Å². The summed E-state index contributed by atoms with van der Waals surface area (Å²) in [6.07, 6.45) is 0.623. The molecule has 0 spiro atoms. The molecule has 1 N–H and O–H groups in total. The van der Waals surface area contributed by atoms with Crippen LogP contribution in [-0.4, -0.2) is 23.2 Å². The van der Waals surface area contributed by atoms with Gasteiger partial charge in [0.2, 0.25) is 0 Å². The standard InChI is InChI=1S/C14H15NO3/c1-9-8-10(6-7-13(16)17)11-4-3-5-12(18-2)14(11)15-9/h3-5,8H,6-7H2,1-2H3,(H,16,17). The van der Waals surface area contributed by atoms with Gasteiger partial charge in [-0.1, -0.05) is 12.1 Å². The van der Waals surface area contributed by atoms with Crippen molar-refractivity contribution in [1.29, 1.82) is 0 Å². The Hall–Kier alpha value is -2.10. The van der Waals surface area contributed by atoms with Crippen LogP contribution in [0.3, 0.4) is 0 Å². The Morgan fingerprint density at radius 1 is 1.44 bits per heavy atom. The lowest BCUT2D eigenvalue weighted by molar-refractivity contribution is -0.136. The fraction of sp³-hybridized carbons (Fsp3) is 0.286. The van der Waals surface area contributed by atoms with Gasteiger partial charge in [-0.25, -0.2) is 4.98 Å². The summed E-state index contributed by atoms with van der Waals surface area (Å²) in [5, 5.41) is 9.74. The number of carboxylic acid groups (broad SMARTS) is 1. The topological polar surface area (TPSA) is 59.4 Å². The second-order valence-corrected chi connectivity index (χ2v) is 4.17. The zero-order valence-electron chi connectivity index (χ0n) is 10.4. The minimum Gasteiger partial charge on any atom is -0.494 e. The lowest BCUT2D eigenvalue weighted by atomic mass is 10.0. The largest absolute Gasteiger partial charge is 0.494 e. The van der Waals surface area contributed by atoms with Crippen LogP contribution in [0.15, 0.2) is 24.3 Å². The molecule has 4 nitrogen and oxygen atoms in total. The maximum absolute atomic E-state index is 10.7. The molecule has 94 valence electrons. The highest BCUT2D eigenvalue weighted by atomic mass is 16.5. The molecule has 0 aliphatic heterocycles. The van der Waals surface area contributed by atoms with Gasteiger partial charge in [0.25, 0.3) is 0 Å². The van der Waals surface area contributed by atoms with Crippen molar-refractivity contribution in [2.75, 3.05) is 7.11 Å². The highest BCUT2D eigenvalue weighted by molar-refractivity contribution is 5.88. The van der Waals surface area contributed by atoms with Crippen molar-refractivity contribution in [2.24, 2.45) is 0 Å². The van der Waals surface area contributed by atoms with Gasteiger partial charge < -0.3 is 9.84 Å². The Kier molecular flexibility index (Phi) is 3.46. The molecule has 0 fully saturated rings. The summed E-state index contributed by atoms with van der Waals surface area (Å²) in [7, 11) is 1.61. The molecular formula is C14H15NO3. The lowest BCUT2D eigenvalue weighted by Gasteiger charge is -2.09. The molecule has 1 aromatic carbocycles. The Labute approximate surface area is 105 Å². The van der Waals surface area contributed by atoms with Crippen LogP contribution in [0.4, 0.5) is 0 Å². The summed E-state index contributed by atoms with van der Waals surface area (Å²) < 4.78 is 5.28. The predicted molar refractivity (Wildman–Crippen MR) is 69.0 cm³/mol. The van der Waals surface area contributed by atoms with Crippen LogP contribution in [0.2, 0.25) is 0 Å². The Morgan fingerprint density at radius 2 is 2.22 bits per heavy atom. The van der Waals surface area contributed by atoms with E-state index in [-0.39, 0.29) is 6.42 Å². The van der Waals surface area contributed by atoms with E-state index in [1.165, 1.54) is 0 Å². The van der Waals surface area contributed by atoms with Gasteiger partial charge in [-0.15, -0.1) is 0 Å². The number of rotatable bonds is 4. The molecule has 4 heteroatoms. The van der Waals surface area contributed by atoms with Crippen LogP contribution in [0.1, 0.15) is 17.7 Å². The average Bonchev–Trinajstić information content (AvgIpc) is 2.35. The number of carbonyl (C=O) groups is 1. The van der Waals surface area contributed by atoms with Crippen molar-refractivity contribution in [3.05, 3.63) is 35.5 Å². The molecule has 0 saturated heterocycles. The zero-order chi connectivity index (χ0) is 13.1. The van der Waals surface area contributed by atoms with Gasteiger partial charge in [0.15, 0.2) is 0 Å². The first-order valence-electron chi connectivity index (χ1n) is 5.77. The van der Waals surface area contributed by atoms with Gasteiger partial charge in [-0.05, 0) is 31.0 Å². The number of para-hydroxylation sites is 1. The lowest BCUT2D eigenvalue weighted by Crippen LogP contribution is -2.00. The van der Waals surface area contributed by atoms with E-state index in [2.05, 4.69) is 4.98 Å². The highest BCUT2D eigenvalue weighted by Crippen LogP contribution is 2.27. The number of aliphatic carboxylic acids is 1. The van der Waals surface area contributed by atoms with Crippen molar-refractivity contribution >= 4 is 16.9 Å². The van der Waals surface area contributed by atoms with Gasteiger partial charge in [0.05, 0.1) is 7.11 Å². The van der Waals surface area contributed by atoms with Crippen LogP contribution in [0.25, 0.3) is 10.9 Å². The molecule has 2 aromatic rings. The molecule has 0 radical (unpaired) electrons. The third-order valence-corrected chi connectivity index (χ3v) is 2.84. The second kappa shape index (κ2) is 5.04. The van der Waals surface area contributed by atoms with Crippen molar-refractivity contribution < 1.29 is 14.6 Å². The van der Waals surface area contributed by atoms with Crippen LogP contribution in [0, 0.1) is 6.92 Å². The summed E-state index contributed by atoms with van der Waals surface area (Å²) in [5.41, 5.74) is 2.66. The minimum atomic E-state index is -0.791. The van der Waals surface area contributed by atoms with Gasteiger partial charge in [-0.3, -0.25) is 4.79 Å². The fourth-order valence-corrected chi connectivity index (χ4v) is 2.05. The zero-order valence-corrected chi connectivity index (χ0v) is 10.4. The maximum Gasteiger partial charge on any atom is 0.303 e. The highest BCUT2D eigenvalue weighted by Gasteiger charge is 2.09. The van der Waals surface area contributed by atoms with E-state index in [0.717, 1.165) is 22.2 Å². The number of pyridine rings is 1. The van der Waals surface area contributed by atoms with E-state index in [1.54, 1.807) is 7.11 Å². The fourth-order valence-electron chi connectivity index (χ4n) is 2.05. The molecule has 0 unspecified atom stereocenters. The first kappa shape index (κ1) is 12.4. The minimum absolute atomic E-state index is 0.121. The normalized spacial score (nSPS) is 10.6. The molecule has 0 aliphatic carbocycles. The molecule has 18 heavy (non-hydrogen) atoms. The van der Waals surface area contributed by atoms with Gasteiger partial charge >= 0.3 is 5.97 Å². The molecule has 0 aliphatic rings. The number of nitrogens with zero attached hydrogens (tertiary/aromatic N) is 1. The molecule has 0 atom stereocenters. The summed E-state index contributed by atoms with van der Waals surface area (Å²) in [4.78, 5) is 15.1. The Morgan fingerprint density at radius 3 is 2.89 bits per heavy atom. The number of carboxylic acids is 1. The molecule has 0 saturated carbocycles. The number of benzene rings is 1. The summed E-state index contributed by atoms with van der Waals surface area (Å²) in [6.45, 7) is 1.90. The predicted octanol–water partition coefficient (Wildman–Crippen LogP) is 2.57. The molecule has 1 aromatic heterocycles. The summed E-state index contributed by atoms with van der Waals surface area (Å²) >= 11 is 0. The van der Waals surface area contributed by atoms with Gasteiger partial charge in [-0.2, -0.15) is 0 Å². The molecule has 0 bridgehead atoms. The third-order valence-electron chi connectivity index (χ3n) is 2.84. The molecule has 1 heterocycles. The van der Waals surface area contributed by atoms with Crippen molar-refractivity contribution in [2.45, 2.75) is 19.8 Å².